The smallest absolute Gasteiger partial charge is 0.229 e. The molecule has 1 saturated heterocycles. The molecular weight excluding hydrogens is 236 g/mol. The van der Waals surface area contributed by atoms with Gasteiger partial charge in [0.2, 0.25) is 5.91 Å². The predicted molar refractivity (Wildman–Crippen MR) is 77.2 cm³/mol. The lowest BCUT2D eigenvalue weighted by Gasteiger charge is -2.15. The van der Waals surface area contributed by atoms with E-state index in [4.69, 9.17) is 0 Å². The van der Waals surface area contributed by atoms with E-state index in [1.165, 1.54) is 24.0 Å². The van der Waals surface area contributed by atoms with Crippen molar-refractivity contribution >= 4 is 11.6 Å². The fraction of sp³-hybridized carbons (Fsp3) is 0.562. The minimum atomic E-state index is 0.123. The van der Waals surface area contributed by atoms with Crippen molar-refractivity contribution in [3.8, 4) is 0 Å². The summed E-state index contributed by atoms with van der Waals surface area (Å²) >= 11 is 0. The van der Waals surface area contributed by atoms with Gasteiger partial charge in [-0.05, 0) is 55.5 Å². The highest BCUT2D eigenvalue weighted by Crippen LogP contribution is 2.27. The van der Waals surface area contributed by atoms with Crippen molar-refractivity contribution in [1.82, 2.24) is 4.90 Å². The van der Waals surface area contributed by atoms with E-state index in [0.29, 0.717) is 5.92 Å². The largest absolute Gasteiger partial charge is 0.326 e. The van der Waals surface area contributed by atoms with E-state index in [0.717, 1.165) is 25.2 Å². The number of nitrogens with zero attached hydrogens (tertiary/aromatic N) is 1. The van der Waals surface area contributed by atoms with Crippen molar-refractivity contribution in [2.75, 3.05) is 25.5 Å². The predicted octanol–water partition coefficient (Wildman–Crippen LogP) is 2.31. The number of carbonyl (C=O) groups excluding carboxylic acids is 1. The summed E-state index contributed by atoms with van der Waals surface area (Å²) in [7, 11) is 2.08. The van der Waals surface area contributed by atoms with Crippen LogP contribution in [0.1, 0.15) is 24.5 Å². The average molecular weight is 258 g/mol. The lowest BCUT2D eigenvalue weighted by molar-refractivity contribution is -0.120. The molecule has 2 aliphatic rings. The van der Waals surface area contributed by atoms with Crippen LogP contribution in [-0.2, 0) is 17.6 Å². The molecule has 1 aromatic carbocycles. The van der Waals surface area contributed by atoms with Crippen LogP contribution in [0.2, 0.25) is 0 Å². The van der Waals surface area contributed by atoms with Gasteiger partial charge in [-0.15, -0.1) is 0 Å². The highest BCUT2D eigenvalue weighted by atomic mass is 16.2. The summed E-state index contributed by atoms with van der Waals surface area (Å²) in [5.41, 5.74) is 3.83. The molecule has 1 N–H and O–H groups in total. The van der Waals surface area contributed by atoms with Crippen molar-refractivity contribution in [1.29, 1.82) is 0 Å². The highest BCUT2D eigenvalue weighted by Gasteiger charge is 2.32. The van der Waals surface area contributed by atoms with Crippen LogP contribution in [-0.4, -0.2) is 30.9 Å². The van der Waals surface area contributed by atoms with Gasteiger partial charge in [-0.1, -0.05) is 13.0 Å². The van der Waals surface area contributed by atoms with Gasteiger partial charge >= 0.3 is 0 Å². The molecule has 0 bridgehead atoms. The Bertz CT molecular complexity index is 498. The summed E-state index contributed by atoms with van der Waals surface area (Å²) in [5.74, 6) is 0.743. The van der Waals surface area contributed by atoms with Crippen LogP contribution in [0.15, 0.2) is 18.2 Å². The van der Waals surface area contributed by atoms with Gasteiger partial charge in [-0.25, -0.2) is 0 Å². The zero-order valence-corrected chi connectivity index (χ0v) is 11.8. The maximum atomic E-state index is 12.3. The Morgan fingerprint density at radius 3 is 2.79 bits per heavy atom. The number of fused-ring (bicyclic) bond motifs is 1. The number of rotatable bonds is 2. The Morgan fingerprint density at radius 2 is 2.05 bits per heavy atom. The minimum absolute atomic E-state index is 0.123. The van der Waals surface area contributed by atoms with Gasteiger partial charge in [0.1, 0.15) is 0 Å². The highest BCUT2D eigenvalue weighted by molar-refractivity contribution is 5.93. The second-order valence-electron chi connectivity index (χ2n) is 6.13. The topological polar surface area (TPSA) is 32.3 Å². The second-order valence-corrected chi connectivity index (χ2v) is 6.13. The van der Waals surface area contributed by atoms with Crippen molar-refractivity contribution in [2.45, 2.75) is 26.2 Å². The second kappa shape index (κ2) is 4.97. The third kappa shape index (κ3) is 2.52. The quantitative estimate of drug-likeness (QED) is 0.883. The summed E-state index contributed by atoms with van der Waals surface area (Å²) in [6.45, 7) is 4.05. The molecule has 1 amide bonds. The first-order valence-electron chi connectivity index (χ1n) is 7.24. The minimum Gasteiger partial charge on any atom is -0.326 e. The Balaban J connectivity index is 1.69. The van der Waals surface area contributed by atoms with Crippen molar-refractivity contribution in [3.63, 3.8) is 0 Å². The molecule has 1 aromatic rings. The molecule has 0 radical (unpaired) electrons. The molecule has 1 aliphatic heterocycles. The molecule has 1 heterocycles. The Morgan fingerprint density at radius 1 is 1.26 bits per heavy atom. The number of hydrogen-bond acceptors (Lipinski definition) is 2. The lowest BCUT2D eigenvalue weighted by Crippen LogP contribution is -2.28. The van der Waals surface area contributed by atoms with E-state index in [2.05, 4.69) is 36.3 Å². The van der Waals surface area contributed by atoms with Crippen molar-refractivity contribution in [2.24, 2.45) is 11.8 Å². The lowest BCUT2D eigenvalue weighted by atomic mass is 9.97. The fourth-order valence-corrected chi connectivity index (χ4v) is 3.43. The Hall–Kier alpha value is -1.35. The molecule has 0 saturated carbocycles. The van der Waals surface area contributed by atoms with Crippen LogP contribution in [0, 0.1) is 11.8 Å². The first-order chi connectivity index (χ1) is 9.13. The standard InChI is InChI=1S/C16H22N2O/c1-11-9-18(2)10-15(11)16(19)17-14-7-6-12-4-3-5-13(12)8-14/h6-8,11,15H,3-5,9-10H2,1-2H3,(H,17,19)/t11-,15-/m0/s1. The molecule has 0 unspecified atom stereocenters. The van der Waals surface area contributed by atoms with Crippen LogP contribution < -0.4 is 5.32 Å². The van der Waals surface area contributed by atoms with Gasteiger partial charge < -0.3 is 10.2 Å². The maximum Gasteiger partial charge on any atom is 0.229 e. The van der Waals surface area contributed by atoms with Gasteiger partial charge in [0.25, 0.3) is 0 Å². The van der Waals surface area contributed by atoms with E-state index in [-0.39, 0.29) is 11.8 Å². The average Bonchev–Trinajstić information content (AvgIpc) is 2.94. The Labute approximate surface area is 115 Å². The van der Waals surface area contributed by atoms with Crippen LogP contribution in [0.3, 0.4) is 0 Å². The number of amides is 1. The number of hydrogen-bond donors (Lipinski definition) is 1. The molecule has 0 spiro atoms. The third-order valence-corrected chi connectivity index (χ3v) is 4.50. The molecule has 1 aliphatic carbocycles. The van der Waals surface area contributed by atoms with E-state index in [9.17, 15) is 4.79 Å². The number of benzene rings is 1. The zero-order chi connectivity index (χ0) is 13.4. The number of nitrogens with one attached hydrogen (secondary N) is 1. The van der Waals surface area contributed by atoms with Gasteiger partial charge in [-0.2, -0.15) is 0 Å². The molecule has 3 heteroatoms. The van der Waals surface area contributed by atoms with Crippen LogP contribution in [0.25, 0.3) is 0 Å². The van der Waals surface area contributed by atoms with Crippen LogP contribution in [0.4, 0.5) is 5.69 Å². The first-order valence-corrected chi connectivity index (χ1v) is 7.24. The van der Waals surface area contributed by atoms with E-state index in [1.54, 1.807) is 0 Å². The van der Waals surface area contributed by atoms with Crippen LogP contribution >= 0.6 is 0 Å². The third-order valence-electron chi connectivity index (χ3n) is 4.50. The number of carbonyl (C=O) groups is 1. The SMILES string of the molecule is C[C@H]1CN(C)C[C@@H]1C(=O)Nc1ccc2c(c1)CCC2. The fourth-order valence-electron chi connectivity index (χ4n) is 3.43. The molecule has 2 atom stereocenters. The van der Waals surface area contributed by atoms with Gasteiger partial charge in [-0.3, -0.25) is 4.79 Å². The summed E-state index contributed by atoms with van der Waals surface area (Å²) in [6, 6.07) is 6.37. The summed E-state index contributed by atoms with van der Waals surface area (Å²) in [5, 5.41) is 3.10. The molecule has 102 valence electrons. The monoisotopic (exact) mass is 258 g/mol. The van der Waals surface area contributed by atoms with Gasteiger partial charge in [0.05, 0.1) is 5.92 Å². The number of anilines is 1. The Kier molecular flexibility index (Phi) is 3.31. The van der Waals surface area contributed by atoms with Crippen molar-refractivity contribution < 1.29 is 4.79 Å². The molecule has 1 fully saturated rings. The first kappa shape index (κ1) is 12.7. The molecule has 3 rings (SSSR count). The molecular formula is C16H22N2O. The summed E-state index contributed by atoms with van der Waals surface area (Å²) in [4.78, 5) is 14.6. The maximum absolute atomic E-state index is 12.3. The van der Waals surface area contributed by atoms with E-state index in [1.807, 2.05) is 6.07 Å². The van der Waals surface area contributed by atoms with E-state index < -0.39 is 0 Å². The molecule has 3 nitrogen and oxygen atoms in total. The van der Waals surface area contributed by atoms with E-state index >= 15 is 0 Å². The molecule has 0 aromatic heterocycles. The summed E-state index contributed by atoms with van der Waals surface area (Å²) < 4.78 is 0. The normalized spacial score (nSPS) is 26.4. The number of aryl methyl sites for hydroxylation is 2. The molecule has 19 heavy (non-hydrogen) atoms. The van der Waals surface area contributed by atoms with Gasteiger partial charge in [0, 0.05) is 18.8 Å². The van der Waals surface area contributed by atoms with Crippen LogP contribution in [0.5, 0.6) is 0 Å². The number of likely N-dealkylation sites (tertiary alicyclic amines) is 1. The van der Waals surface area contributed by atoms with Gasteiger partial charge in [0.15, 0.2) is 0 Å². The van der Waals surface area contributed by atoms with Crippen molar-refractivity contribution in [3.05, 3.63) is 29.3 Å². The summed E-state index contributed by atoms with van der Waals surface area (Å²) in [6.07, 6.45) is 3.59. The zero-order valence-electron chi connectivity index (χ0n) is 11.8.